The molecule has 0 radical (unpaired) electrons. The number of carbonyl (C=O) groups excluding carboxylic acids is 2. The molecule has 2 aromatic heterocycles. The molecular formula is C30H36N4O4. The summed E-state index contributed by atoms with van der Waals surface area (Å²) in [4.78, 5) is 36.5. The molecule has 0 atom stereocenters. The molecule has 1 saturated heterocycles. The van der Waals surface area contributed by atoms with Crippen LogP contribution in [0.15, 0.2) is 36.5 Å². The van der Waals surface area contributed by atoms with E-state index in [1.807, 2.05) is 29.7 Å². The predicted octanol–water partition coefficient (Wildman–Crippen LogP) is 5.45. The quantitative estimate of drug-likeness (QED) is 0.181. The molecular weight excluding hydrogens is 480 g/mol. The van der Waals surface area contributed by atoms with Gasteiger partial charge in [0.2, 0.25) is 0 Å². The van der Waals surface area contributed by atoms with Crippen molar-refractivity contribution in [1.82, 2.24) is 14.5 Å². The first-order chi connectivity index (χ1) is 18.4. The second-order valence-corrected chi connectivity index (χ2v) is 9.87. The van der Waals surface area contributed by atoms with Gasteiger partial charge in [-0.2, -0.15) is 0 Å². The van der Waals surface area contributed by atoms with Crippen LogP contribution in [0, 0.1) is 13.5 Å². The maximum absolute atomic E-state index is 13.6. The predicted molar refractivity (Wildman–Crippen MR) is 147 cm³/mol. The molecule has 3 aromatic rings. The number of aromatic nitrogens is 2. The topological polar surface area (TPSA) is 78.0 Å². The number of ketones is 2. The molecule has 1 aromatic carbocycles. The maximum Gasteiger partial charge on any atom is 0.187 e. The number of rotatable bonds is 12. The number of hydrogen-bond donors (Lipinski definition) is 0. The fraction of sp³-hybridized carbons (Fsp3) is 0.467. The van der Waals surface area contributed by atoms with Gasteiger partial charge in [-0.15, -0.1) is 0 Å². The van der Waals surface area contributed by atoms with Gasteiger partial charge in [0, 0.05) is 51.1 Å². The summed E-state index contributed by atoms with van der Waals surface area (Å²) in [6.45, 7) is 11.5. The number of methoxy groups -OCH3 is 2. The summed E-state index contributed by atoms with van der Waals surface area (Å²) in [5.74, 6) is 0.218. The third kappa shape index (κ3) is 6.36. The van der Waals surface area contributed by atoms with E-state index in [1.165, 1.54) is 6.42 Å². The summed E-state index contributed by atoms with van der Waals surface area (Å²) in [5, 5.41) is 0. The van der Waals surface area contributed by atoms with Gasteiger partial charge in [-0.3, -0.25) is 19.5 Å². The Morgan fingerprint density at radius 1 is 1.08 bits per heavy atom. The van der Waals surface area contributed by atoms with Crippen molar-refractivity contribution in [3.63, 3.8) is 0 Å². The van der Waals surface area contributed by atoms with Crippen LogP contribution in [0.25, 0.3) is 21.6 Å². The van der Waals surface area contributed by atoms with Crippen LogP contribution < -0.4 is 0 Å². The van der Waals surface area contributed by atoms with E-state index in [4.69, 9.17) is 21.0 Å². The number of fused-ring (bicyclic) bond motifs is 1. The molecule has 0 aliphatic carbocycles. The number of pyridine rings is 1. The Kier molecular flexibility index (Phi) is 9.40. The van der Waals surface area contributed by atoms with Gasteiger partial charge in [0.15, 0.2) is 17.8 Å². The van der Waals surface area contributed by atoms with Gasteiger partial charge in [0.1, 0.15) is 5.78 Å². The monoisotopic (exact) mass is 516 g/mol. The Labute approximate surface area is 224 Å². The first-order valence-electron chi connectivity index (χ1n) is 13.3. The number of piperidine rings is 1. The van der Waals surface area contributed by atoms with E-state index < -0.39 is 0 Å². The van der Waals surface area contributed by atoms with Crippen molar-refractivity contribution in [2.75, 3.05) is 33.9 Å². The van der Waals surface area contributed by atoms with Gasteiger partial charge in [-0.1, -0.05) is 18.6 Å². The molecule has 3 heterocycles. The molecule has 8 nitrogen and oxygen atoms in total. The molecule has 0 N–H and O–H groups in total. The number of ether oxygens (including phenoxy) is 2. The molecule has 0 bridgehead atoms. The highest BCUT2D eigenvalue weighted by Gasteiger charge is 2.24. The van der Waals surface area contributed by atoms with E-state index in [2.05, 4.69) is 9.74 Å². The average Bonchev–Trinajstić information content (AvgIpc) is 3.24. The lowest BCUT2D eigenvalue weighted by Gasteiger charge is -2.25. The molecule has 0 unspecified atom stereocenters. The smallest absolute Gasteiger partial charge is 0.187 e. The van der Waals surface area contributed by atoms with Crippen LogP contribution in [0.2, 0.25) is 0 Å². The van der Waals surface area contributed by atoms with Crippen LogP contribution in [0.4, 0.5) is 5.69 Å². The molecule has 38 heavy (non-hydrogen) atoms. The van der Waals surface area contributed by atoms with Crippen molar-refractivity contribution in [1.29, 1.82) is 0 Å². The van der Waals surface area contributed by atoms with E-state index >= 15 is 0 Å². The Morgan fingerprint density at radius 3 is 2.45 bits per heavy atom. The second kappa shape index (κ2) is 12.9. The van der Waals surface area contributed by atoms with Crippen LogP contribution in [0.5, 0.6) is 0 Å². The van der Waals surface area contributed by atoms with Crippen molar-refractivity contribution in [3.8, 4) is 5.69 Å². The lowest BCUT2D eigenvalue weighted by atomic mass is 10.0. The molecule has 0 saturated carbocycles. The van der Waals surface area contributed by atoms with Gasteiger partial charge in [0.25, 0.3) is 0 Å². The fourth-order valence-electron chi connectivity index (χ4n) is 5.22. The summed E-state index contributed by atoms with van der Waals surface area (Å²) in [5.41, 5.74) is 5.37. The van der Waals surface area contributed by atoms with Crippen molar-refractivity contribution < 1.29 is 19.1 Å². The number of aryl methyl sites for hydroxylation is 1. The number of benzene rings is 1. The SMILES string of the molecule is [C-]#[N+]c1ccc(-n2c(C)c(C(=O)CN3CCCCC3)c3ncc(CCC(=O)CCC(OC)OC)cc32)cc1. The Morgan fingerprint density at radius 2 is 1.79 bits per heavy atom. The second-order valence-electron chi connectivity index (χ2n) is 9.87. The Hall–Kier alpha value is -3.38. The van der Waals surface area contributed by atoms with Crippen LogP contribution in [0.3, 0.4) is 0 Å². The van der Waals surface area contributed by atoms with Crippen molar-refractivity contribution in [2.24, 2.45) is 0 Å². The standard InChI is InChI=1S/C30H36N4O4/c1-21-29(27(36)20-33-16-6-5-7-17-33)30-26(34(21)24-11-9-23(31-2)10-12-24)18-22(19-32-30)8-13-25(35)14-15-28(37-3)38-4/h9-12,18-19,28H,5-8,13-17,20H2,1,3-4H3. The molecule has 0 amide bonds. The average molecular weight is 517 g/mol. The zero-order valence-electron chi connectivity index (χ0n) is 22.5. The van der Waals surface area contributed by atoms with Crippen LogP contribution >= 0.6 is 0 Å². The first-order valence-corrected chi connectivity index (χ1v) is 13.3. The van der Waals surface area contributed by atoms with Gasteiger partial charge in [-0.05, 0) is 63.0 Å². The van der Waals surface area contributed by atoms with Crippen molar-refractivity contribution in [2.45, 2.75) is 58.2 Å². The van der Waals surface area contributed by atoms with Crippen molar-refractivity contribution >= 4 is 28.3 Å². The summed E-state index contributed by atoms with van der Waals surface area (Å²) in [6, 6.07) is 9.40. The van der Waals surface area contributed by atoms with Gasteiger partial charge in [0.05, 0.1) is 29.7 Å². The molecule has 200 valence electrons. The third-order valence-corrected chi connectivity index (χ3v) is 7.31. The Balaban J connectivity index is 1.63. The highest BCUT2D eigenvalue weighted by atomic mass is 16.7. The molecule has 4 rings (SSSR count). The maximum atomic E-state index is 13.6. The first kappa shape index (κ1) is 27.6. The molecule has 8 heteroatoms. The molecule has 1 fully saturated rings. The molecule has 1 aliphatic heterocycles. The molecule has 0 spiro atoms. The van der Waals surface area contributed by atoms with E-state index in [-0.39, 0.29) is 17.9 Å². The highest BCUT2D eigenvalue weighted by molar-refractivity contribution is 6.09. The minimum atomic E-state index is -0.377. The fourth-order valence-corrected chi connectivity index (χ4v) is 5.22. The van der Waals surface area contributed by atoms with E-state index in [9.17, 15) is 9.59 Å². The summed E-state index contributed by atoms with van der Waals surface area (Å²) < 4.78 is 12.4. The highest BCUT2D eigenvalue weighted by Crippen LogP contribution is 2.30. The van der Waals surface area contributed by atoms with Crippen LogP contribution in [-0.2, 0) is 20.7 Å². The largest absolute Gasteiger partial charge is 0.356 e. The zero-order chi connectivity index (χ0) is 27.1. The van der Waals surface area contributed by atoms with Gasteiger partial charge < -0.3 is 14.0 Å². The number of likely N-dealkylation sites (tertiary alicyclic amines) is 1. The molecule has 1 aliphatic rings. The van der Waals surface area contributed by atoms with E-state index in [0.717, 1.165) is 48.4 Å². The minimum Gasteiger partial charge on any atom is -0.356 e. The zero-order valence-corrected chi connectivity index (χ0v) is 22.5. The lowest BCUT2D eigenvalue weighted by molar-refractivity contribution is -0.127. The summed E-state index contributed by atoms with van der Waals surface area (Å²) in [7, 11) is 3.13. The van der Waals surface area contributed by atoms with Crippen molar-refractivity contribution in [3.05, 3.63) is 64.8 Å². The third-order valence-electron chi connectivity index (χ3n) is 7.31. The van der Waals surface area contributed by atoms with Gasteiger partial charge in [-0.25, -0.2) is 4.85 Å². The summed E-state index contributed by atoms with van der Waals surface area (Å²) in [6.07, 6.45) is 6.74. The lowest BCUT2D eigenvalue weighted by Crippen LogP contribution is -2.34. The Bertz CT molecular complexity index is 1310. The number of hydrogen-bond acceptors (Lipinski definition) is 6. The normalized spacial score (nSPS) is 14.2. The van der Waals surface area contributed by atoms with E-state index in [1.54, 1.807) is 32.5 Å². The minimum absolute atomic E-state index is 0.0761. The number of Topliss-reactive ketones (excluding diaryl/α,β-unsaturated/α-hetero) is 2. The number of carbonyl (C=O) groups is 2. The van der Waals surface area contributed by atoms with E-state index in [0.29, 0.717) is 49.0 Å². The summed E-state index contributed by atoms with van der Waals surface area (Å²) >= 11 is 0. The van der Waals surface area contributed by atoms with Crippen LogP contribution in [-0.4, -0.2) is 66.2 Å². The van der Waals surface area contributed by atoms with Gasteiger partial charge >= 0.3 is 0 Å². The van der Waals surface area contributed by atoms with Crippen LogP contribution in [0.1, 0.15) is 60.1 Å². The number of nitrogens with zero attached hydrogens (tertiary/aromatic N) is 4.